The summed E-state index contributed by atoms with van der Waals surface area (Å²) in [6.07, 6.45) is 0. The molecule has 0 fully saturated rings. The molecule has 0 saturated heterocycles. The Morgan fingerprint density at radius 3 is 2.33 bits per heavy atom. The number of nitrogens with zero attached hydrogens (tertiary/aromatic N) is 1. The van der Waals surface area contributed by atoms with Crippen molar-refractivity contribution in [2.75, 3.05) is 5.32 Å². The highest BCUT2D eigenvalue weighted by Crippen LogP contribution is 2.28. The van der Waals surface area contributed by atoms with Gasteiger partial charge in [0.2, 0.25) is 0 Å². The third-order valence-corrected chi connectivity index (χ3v) is 4.66. The van der Waals surface area contributed by atoms with Gasteiger partial charge >= 0.3 is 0 Å². The Morgan fingerprint density at radius 2 is 1.75 bits per heavy atom. The summed E-state index contributed by atoms with van der Waals surface area (Å²) in [5.74, 6) is -0.0924. The molecule has 24 heavy (non-hydrogen) atoms. The Labute approximate surface area is 146 Å². The van der Waals surface area contributed by atoms with E-state index in [1.165, 1.54) is 11.8 Å². The van der Waals surface area contributed by atoms with Crippen molar-refractivity contribution < 1.29 is 4.79 Å². The summed E-state index contributed by atoms with van der Waals surface area (Å²) in [6, 6.07) is 17.6. The van der Waals surface area contributed by atoms with Crippen LogP contribution in [0.3, 0.4) is 0 Å². The molecule has 2 aromatic carbocycles. The van der Waals surface area contributed by atoms with Crippen LogP contribution < -0.4 is 11.1 Å². The molecule has 0 aliphatic heterocycles. The van der Waals surface area contributed by atoms with Gasteiger partial charge in [-0.15, -0.1) is 11.8 Å². The first-order chi connectivity index (χ1) is 11.5. The highest BCUT2D eigenvalue weighted by Gasteiger charge is 2.15. The van der Waals surface area contributed by atoms with Gasteiger partial charge in [0.1, 0.15) is 11.6 Å². The zero-order valence-corrected chi connectivity index (χ0v) is 14.5. The quantitative estimate of drug-likeness (QED) is 0.619. The number of primary amides is 1. The predicted molar refractivity (Wildman–Crippen MR) is 99.1 cm³/mol. The number of para-hydroxylation sites is 1. The molecule has 0 heterocycles. The van der Waals surface area contributed by atoms with Gasteiger partial charge in [-0.1, -0.05) is 42.5 Å². The molecule has 5 heteroatoms. The number of nitriles is 1. The van der Waals surface area contributed by atoms with Crippen molar-refractivity contribution in [3.8, 4) is 6.07 Å². The number of carbonyl (C=O) groups is 1. The van der Waals surface area contributed by atoms with Gasteiger partial charge in [0, 0.05) is 11.4 Å². The topological polar surface area (TPSA) is 78.9 Å². The van der Waals surface area contributed by atoms with Crippen molar-refractivity contribution in [1.29, 1.82) is 5.26 Å². The maximum atomic E-state index is 11.6. The highest BCUT2D eigenvalue weighted by atomic mass is 32.2. The summed E-state index contributed by atoms with van der Waals surface area (Å²) in [4.78, 5) is 11.6. The van der Waals surface area contributed by atoms with Crippen LogP contribution in [-0.2, 0) is 10.5 Å². The van der Waals surface area contributed by atoms with E-state index in [2.05, 4.69) is 5.32 Å². The number of benzene rings is 2. The van der Waals surface area contributed by atoms with Gasteiger partial charge in [-0.2, -0.15) is 5.26 Å². The average molecular weight is 337 g/mol. The molecule has 3 N–H and O–H groups in total. The minimum absolute atomic E-state index is 0.0585. The third-order valence-electron chi connectivity index (χ3n) is 3.61. The minimum Gasteiger partial charge on any atom is -0.365 e. The number of thioether (sulfide) groups is 1. The van der Waals surface area contributed by atoms with E-state index in [-0.39, 0.29) is 5.57 Å². The third kappa shape index (κ3) is 4.40. The summed E-state index contributed by atoms with van der Waals surface area (Å²) < 4.78 is 0. The first-order valence-corrected chi connectivity index (χ1v) is 8.45. The molecule has 0 atom stereocenters. The molecular formula is C19H19N3OS. The van der Waals surface area contributed by atoms with Gasteiger partial charge in [0.05, 0.1) is 5.03 Å². The van der Waals surface area contributed by atoms with Gasteiger partial charge in [0.25, 0.3) is 5.91 Å². The van der Waals surface area contributed by atoms with Crippen LogP contribution in [0.2, 0.25) is 0 Å². The molecule has 1 amide bonds. The van der Waals surface area contributed by atoms with Crippen molar-refractivity contribution >= 4 is 23.4 Å². The normalized spacial score (nSPS) is 11.4. The second kappa shape index (κ2) is 8.23. The summed E-state index contributed by atoms with van der Waals surface area (Å²) in [5.41, 5.74) is 9.49. The molecule has 0 unspecified atom stereocenters. The molecule has 0 saturated carbocycles. The molecule has 0 aliphatic rings. The van der Waals surface area contributed by atoms with E-state index in [1.54, 1.807) is 0 Å². The lowest BCUT2D eigenvalue weighted by molar-refractivity contribution is -0.114. The highest BCUT2D eigenvalue weighted by molar-refractivity contribution is 8.02. The molecule has 0 aromatic heterocycles. The maximum absolute atomic E-state index is 11.6. The van der Waals surface area contributed by atoms with Crippen LogP contribution in [-0.4, -0.2) is 5.91 Å². The van der Waals surface area contributed by atoms with E-state index < -0.39 is 5.91 Å². The fourth-order valence-electron chi connectivity index (χ4n) is 2.15. The predicted octanol–water partition coefficient (Wildman–Crippen LogP) is 3.87. The fourth-order valence-corrected chi connectivity index (χ4v) is 3.24. The molecule has 2 aromatic rings. The van der Waals surface area contributed by atoms with Crippen molar-refractivity contribution in [1.82, 2.24) is 0 Å². The van der Waals surface area contributed by atoms with E-state index in [0.29, 0.717) is 10.8 Å². The van der Waals surface area contributed by atoms with Crippen molar-refractivity contribution in [3.63, 3.8) is 0 Å². The summed E-state index contributed by atoms with van der Waals surface area (Å²) in [5, 5.41) is 13.0. The van der Waals surface area contributed by atoms with E-state index in [4.69, 9.17) is 5.73 Å². The maximum Gasteiger partial charge on any atom is 0.262 e. The lowest BCUT2D eigenvalue weighted by atomic mass is 10.1. The number of rotatable bonds is 6. The number of hydrogen-bond donors (Lipinski definition) is 2. The first kappa shape index (κ1) is 17.6. The monoisotopic (exact) mass is 337 g/mol. The van der Waals surface area contributed by atoms with Crippen molar-refractivity contribution in [2.24, 2.45) is 5.73 Å². The molecule has 4 nitrogen and oxygen atoms in total. The molecule has 0 radical (unpaired) electrons. The molecular weight excluding hydrogens is 318 g/mol. The lowest BCUT2D eigenvalue weighted by Crippen LogP contribution is -2.17. The molecule has 0 aliphatic carbocycles. The van der Waals surface area contributed by atoms with Crippen LogP contribution in [0.15, 0.2) is 59.1 Å². The van der Waals surface area contributed by atoms with Gasteiger partial charge in [-0.25, -0.2) is 0 Å². The van der Waals surface area contributed by atoms with Crippen molar-refractivity contribution in [2.45, 2.75) is 19.6 Å². The largest absolute Gasteiger partial charge is 0.365 e. The number of nitrogens with one attached hydrogen (secondary N) is 1. The van der Waals surface area contributed by atoms with E-state index >= 15 is 0 Å². The zero-order valence-electron chi connectivity index (χ0n) is 13.7. The summed E-state index contributed by atoms with van der Waals surface area (Å²) >= 11 is 1.40. The fraction of sp³-hybridized carbons (Fsp3) is 0.158. The van der Waals surface area contributed by atoms with Gasteiger partial charge in [-0.05, 0) is 36.6 Å². The molecule has 122 valence electrons. The number of carbonyl (C=O) groups excluding carboxylic acids is 1. The Bertz CT molecular complexity index is 821. The Morgan fingerprint density at radius 1 is 1.12 bits per heavy atom. The van der Waals surface area contributed by atoms with Crippen molar-refractivity contribution in [3.05, 3.63) is 75.8 Å². The second-order valence-corrected chi connectivity index (χ2v) is 6.32. The van der Waals surface area contributed by atoms with E-state index in [1.807, 2.05) is 68.4 Å². The summed E-state index contributed by atoms with van der Waals surface area (Å²) in [7, 11) is 0. The van der Waals surface area contributed by atoms with Gasteiger partial charge in [0.15, 0.2) is 0 Å². The number of hydrogen-bond acceptors (Lipinski definition) is 4. The minimum atomic E-state index is -0.731. The van der Waals surface area contributed by atoms with E-state index in [9.17, 15) is 10.1 Å². The standard InChI is InChI=1S/C19H19N3OS/c1-13-7-3-5-9-15(13)12-24-19(16(11-20)18(21)23)22-17-10-6-4-8-14(17)2/h3-10,22H,12H2,1-2H3,(H2,21,23). The Kier molecular flexibility index (Phi) is 6.05. The average Bonchev–Trinajstić information content (AvgIpc) is 2.56. The van der Waals surface area contributed by atoms with Gasteiger partial charge < -0.3 is 11.1 Å². The number of aryl methyl sites for hydroxylation is 2. The molecule has 0 bridgehead atoms. The number of amides is 1. The number of anilines is 1. The zero-order chi connectivity index (χ0) is 17.5. The second-order valence-electron chi connectivity index (χ2n) is 5.34. The summed E-state index contributed by atoms with van der Waals surface area (Å²) in [6.45, 7) is 4.00. The van der Waals surface area contributed by atoms with Crippen LogP contribution in [0, 0.1) is 25.2 Å². The van der Waals surface area contributed by atoms with Gasteiger partial charge in [-0.3, -0.25) is 4.79 Å². The van der Waals surface area contributed by atoms with Crippen LogP contribution >= 0.6 is 11.8 Å². The molecule has 0 spiro atoms. The Hall–Kier alpha value is -2.71. The first-order valence-electron chi connectivity index (χ1n) is 7.47. The van der Waals surface area contributed by atoms with Crippen LogP contribution in [0.5, 0.6) is 0 Å². The SMILES string of the molecule is Cc1ccccc1CSC(Nc1ccccc1C)=C(C#N)C(N)=O. The van der Waals surface area contributed by atoms with Crippen LogP contribution in [0.1, 0.15) is 16.7 Å². The Balaban J connectivity index is 2.31. The number of nitrogens with two attached hydrogens (primary N) is 1. The van der Waals surface area contributed by atoms with Crippen LogP contribution in [0.4, 0.5) is 5.69 Å². The molecule has 2 rings (SSSR count). The van der Waals surface area contributed by atoms with Crippen LogP contribution in [0.25, 0.3) is 0 Å². The smallest absolute Gasteiger partial charge is 0.262 e. The van der Waals surface area contributed by atoms with E-state index in [0.717, 1.165) is 22.4 Å². The lowest BCUT2D eigenvalue weighted by Gasteiger charge is -2.14.